The van der Waals surface area contributed by atoms with Crippen LogP contribution in [0.3, 0.4) is 0 Å². The first-order valence-electron chi connectivity index (χ1n) is 9.76. The Morgan fingerprint density at radius 2 is 1.97 bits per heavy atom. The van der Waals surface area contributed by atoms with Crippen LogP contribution in [0.4, 0.5) is 5.69 Å². The third kappa shape index (κ3) is 1.87. The van der Waals surface area contributed by atoms with Crippen LogP contribution in [0.5, 0.6) is 0 Å². The Morgan fingerprint density at radius 1 is 1.17 bits per heavy atom. The van der Waals surface area contributed by atoms with Gasteiger partial charge in [0, 0.05) is 0 Å². The van der Waals surface area contributed by atoms with Crippen LogP contribution in [0.2, 0.25) is 0 Å². The van der Waals surface area contributed by atoms with Crippen molar-refractivity contribution in [3.63, 3.8) is 0 Å². The van der Waals surface area contributed by atoms with E-state index in [-0.39, 0.29) is 18.4 Å². The highest BCUT2D eigenvalue weighted by Crippen LogP contribution is 2.61. The van der Waals surface area contributed by atoms with Gasteiger partial charge < -0.3 is 19.2 Å². The Hall–Kier alpha value is -3.39. The Balaban J connectivity index is 1.57. The number of ether oxygens (including phenoxy) is 1. The van der Waals surface area contributed by atoms with Crippen molar-refractivity contribution in [3.8, 4) is 0 Å². The summed E-state index contributed by atoms with van der Waals surface area (Å²) in [7, 11) is 0. The lowest BCUT2D eigenvalue weighted by Gasteiger charge is -2.45. The number of fused-ring (bicyclic) bond motifs is 4. The van der Waals surface area contributed by atoms with Crippen LogP contribution in [-0.4, -0.2) is 45.2 Å². The summed E-state index contributed by atoms with van der Waals surface area (Å²) in [4.78, 5) is 42.4. The molecule has 1 N–H and O–H groups in total. The van der Waals surface area contributed by atoms with E-state index in [1.54, 1.807) is 60.4 Å². The first-order chi connectivity index (χ1) is 14.4. The van der Waals surface area contributed by atoms with Crippen LogP contribution in [-0.2, 0) is 20.9 Å². The van der Waals surface area contributed by atoms with E-state index in [1.165, 1.54) is 11.2 Å². The molecule has 2 aromatic rings. The van der Waals surface area contributed by atoms with E-state index >= 15 is 0 Å². The minimum Gasteiger partial charge on any atom is -0.481 e. The average Bonchev–Trinajstić information content (AvgIpc) is 3.45. The number of benzene rings is 1. The van der Waals surface area contributed by atoms with Gasteiger partial charge in [-0.1, -0.05) is 18.2 Å². The fourth-order valence-electron chi connectivity index (χ4n) is 5.66. The topological polar surface area (TPSA) is 100 Å². The molecule has 0 unspecified atom stereocenters. The molecular formula is C22H18N2O6. The fraction of sp³-hybridized carbons (Fsp3) is 0.318. The quantitative estimate of drug-likeness (QED) is 0.783. The van der Waals surface area contributed by atoms with Gasteiger partial charge in [0.05, 0.1) is 35.6 Å². The van der Waals surface area contributed by atoms with E-state index in [2.05, 4.69) is 0 Å². The number of nitrogens with zero attached hydrogens (tertiary/aromatic N) is 2. The van der Waals surface area contributed by atoms with Gasteiger partial charge >= 0.3 is 5.97 Å². The molecule has 8 heteroatoms. The van der Waals surface area contributed by atoms with E-state index < -0.39 is 35.2 Å². The van der Waals surface area contributed by atoms with Gasteiger partial charge in [-0.3, -0.25) is 19.3 Å². The second kappa shape index (κ2) is 5.40. The van der Waals surface area contributed by atoms with Crippen LogP contribution < -0.4 is 4.90 Å². The highest BCUT2D eigenvalue weighted by Gasteiger charge is 2.77. The van der Waals surface area contributed by atoms with E-state index in [0.29, 0.717) is 17.0 Å². The number of aliphatic carboxylic acids is 1. The van der Waals surface area contributed by atoms with Gasteiger partial charge in [-0.25, -0.2) is 0 Å². The molecule has 2 amide bonds. The van der Waals surface area contributed by atoms with Gasteiger partial charge in [-0.15, -0.1) is 0 Å². The maximum atomic E-state index is 13.7. The average molecular weight is 406 g/mol. The SMILES string of the molecule is C[C@]12C=C[C@]3(O1)[C@H](C(=O)N1c4ccccc4C(=O)N(Cc4ccco4)[C@H]13)[C@@H]2C(=O)O. The van der Waals surface area contributed by atoms with E-state index in [0.717, 1.165) is 0 Å². The van der Waals surface area contributed by atoms with Crippen molar-refractivity contribution >= 4 is 23.5 Å². The maximum absolute atomic E-state index is 13.7. The van der Waals surface area contributed by atoms with Gasteiger partial charge in [0.25, 0.3) is 5.91 Å². The zero-order chi connectivity index (χ0) is 20.8. The summed E-state index contributed by atoms with van der Waals surface area (Å²) in [6, 6.07) is 10.4. The molecule has 0 aliphatic carbocycles. The van der Waals surface area contributed by atoms with Crippen molar-refractivity contribution in [2.24, 2.45) is 11.8 Å². The smallest absolute Gasteiger partial charge is 0.310 e. The first kappa shape index (κ1) is 17.5. The molecule has 1 spiro atoms. The number of carbonyl (C=O) groups is 3. The molecule has 1 aromatic heterocycles. The van der Waals surface area contributed by atoms with Gasteiger partial charge in [-0.2, -0.15) is 0 Å². The lowest BCUT2D eigenvalue weighted by atomic mass is 9.71. The molecule has 2 saturated heterocycles. The predicted molar refractivity (Wildman–Crippen MR) is 102 cm³/mol. The summed E-state index contributed by atoms with van der Waals surface area (Å²) in [5.74, 6) is -3.08. The van der Waals surface area contributed by atoms with Crippen molar-refractivity contribution in [3.05, 3.63) is 66.1 Å². The Labute approximate surface area is 171 Å². The highest BCUT2D eigenvalue weighted by molar-refractivity contribution is 6.12. The lowest BCUT2D eigenvalue weighted by Crippen LogP contribution is -2.60. The highest BCUT2D eigenvalue weighted by atomic mass is 16.5. The van der Waals surface area contributed by atoms with E-state index in [4.69, 9.17) is 9.15 Å². The molecule has 1 aromatic carbocycles. The molecule has 0 saturated carbocycles. The van der Waals surface area contributed by atoms with Gasteiger partial charge in [0.1, 0.15) is 23.4 Å². The van der Waals surface area contributed by atoms with E-state index in [1.807, 2.05) is 0 Å². The van der Waals surface area contributed by atoms with E-state index in [9.17, 15) is 19.5 Å². The number of carbonyl (C=O) groups excluding carboxylic acids is 2. The van der Waals surface area contributed by atoms with Crippen LogP contribution in [0.15, 0.2) is 59.2 Å². The van der Waals surface area contributed by atoms with Crippen molar-refractivity contribution in [2.45, 2.75) is 30.8 Å². The molecule has 4 aliphatic heterocycles. The number of para-hydroxylation sites is 1. The van der Waals surface area contributed by atoms with Crippen LogP contribution >= 0.6 is 0 Å². The number of furan rings is 1. The molecular weight excluding hydrogens is 388 g/mol. The summed E-state index contributed by atoms with van der Waals surface area (Å²) in [5, 5.41) is 9.94. The number of amides is 2. The van der Waals surface area contributed by atoms with Crippen molar-refractivity contribution in [1.82, 2.24) is 4.90 Å². The molecule has 152 valence electrons. The predicted octanol–water partition coefficient (Wildman–Crippen LogP) is 2.02. The molecule has 5 atom stereocenters. The normalized spacial score (nSPS) is 35.6. The number of carboxylic acids is 1. The number of hydrogen-bond acceptors (Lipinski definition) is 5. The molecule has 4 aliphatic rings. The standard InChI is InChI=1S/C22H18N2O6/c1-21-8-9-22(30-21)15(16(21)19(27)28)18(26)24-14-7-3-2-6-13(14)17(25)23(20(22)24)11-12-5-4-10-29-12/h2-10,15-16,20H,11H2,1H3,(H,27,28)/t15-,16+,20+,21+,22-/m0/s1. The van der Waals surface area contributed by atoms with Crippen LogP contribution in [0, 0.1) is 11.8 Å². The molecule has 6 rings (SSSR count). The number of carboxylic acid groups (broad SMARTS) is 1. The number of anilines is 1. The first-order valence-corrected chi connectivity index (χ1v) is 9.76. The summed E-state index contributed by atoms with van der Waals surface area (Å²) in [6.45, 7) is 1.82. The third-order valence-corrected chi connectivity index (χ3v) is 6.78. The van der Waals surface area contributed by atoms with Crippen LogP contribution in [0.1, 0.15) is 23.0 Å². The monoisotopic (exact) mass is 406 g/mol. The Bertz CT molecular complexity index is 1140. The second-order valence-corrected chi connectivity index (χ2v) is 8.38. The summed E-state index contributed by atoms with van der Waals surface area (Å²) < 4.78 is 11.8. The molecule has 5 heterocycles. The zero-order valence-electron chi connectivity index (χ0n) is 16.0. The number of hydrogen-bond donors (Lipinski definition) is 1. The van der Waals surface area contributed by atoms with Gasteiger partial charge in [0.15, 0.2) is 0 Å². The van der Waals surface area contributed by atoms with Gasteiger partial charge in [0.2, 0.25) is 5.91 Å². The third-order valence-electron chi connectivity index (χ3n) is 6.78. The summed E-state index contributed by atoms with van der Waals surface area (Å²) >= 11 is 0. The zero-order valence-corrected chi connectivity index (χ0v) is 16.0. The Morgan fingerprint density at radius 3 is 2.70 bits per heavy atom. The molecule has 30 heavy (non-hydrogen) atoms. The largest absolute Gasteiger partial charge is 0.481 e. The van der Waals surface area contributed by atoms with Gasteiger partial charge in [-0.05, 0) is 37.3 Å². The minimum atomic E-state index is -1.23. The minimum absolute atomic E-state index is 0.134. The van der Waals surface area contributed by atoms with Crippen molar-refractivity contribution in [1.29, 1.82) is 0 Å². The molecule has 2 bridgehead atoms. The molecule has 0 radical (unpaired) electrons. The summed E-state index contributed by atoms with van der Waals surface area (Å²) in [6.07, 6.45) is 4.21. The van der Waals surface area contributed by atoms with Crippen LogP contribution in [0.25, 0.3) is 0 Å². The number of rotatable bonds is 3. The second-order valence-electron chi connectivity index (χ2n) is 8.38. The van der Waals surface area contributed by atoms with Crippen molar-refractivity contribution < 1.29 is 28.6 Å². The fourth-order valence-corrected chi connectivity index (χ4v) is 5.66. The summed E-state index contributed by atoms with van der Waals surface area (Å²) in [5.41, 5.74) is -1.47. The molecule has 8 nitrogen and oxygen atoms in total. The molecule has 2 fully saturated rings. The maximum Gasteiger partial charge on any atom is 0.310 e. The lowest BCUT2D eigenvalue weighted by molar-refractivity contribution is -0.148. The van der Waals surface area contributed by atoms with Crippen molar-refractivity contribution in [2.75, 3.05) is 4.90 Å². The Kier molecular flexibility index (Phi) is 3.14.